The quantitative estimate of drug-likeness (QED) is 0.466. The van der Waals surface area contributed by atoms with Gasteiger partial charge in [-0.15, -0.1) is 0 Å². The van der Waals surface area contributed by atoms with E-state index in [1.807, 2.05) is 14.0 Å². The van der Waals surface area contributed by atoms with E-state index in [4.69, 9.17) is 5.11 Å². The van der Waals surface area contributed by atoms with Crippen molar-refractivity contribution in [3.8, 4) is 0 Å². The van der Waals surface area contributed by atoms with Crippen molar-refractivity contribution in [1.82, 2.24) is 16.0 Å². The van der Waals surface area contributed by atoms with E-state index in [1.54, 1.807) is 6.92 Å². The molecule has 0 aromatic heterocycles. The highest BCUT2D eigenvalue weighted by atomic mass is 16.4. The van der Waals surface area contributed by atoms with Gasteiger partial charge in [-0.05, 0) is 25.9 Å². The van der Waals surface area contributed by atoms with Crippen LogP contribution in [0.25, 0.3) is 0 Å². The van der Waals surface area contributed by atoms with Crippen LogP contribution in [0, 0.1) is 5.92 Å². The molecule has 2 amide bonds. The molecule has 0 saturated heterocycles. The SMILES string of the molecule is CCC(C)C(NC(=O)NCCCNC)C(=O)O. The van der Waals surface area contributed by atoms with Gasteiger partial charge in [0.15, 0.2) is 0 Å². The maximum absolute atomic E-state index is 11.4. The smallest absolute Gasteiger partial charge is 0.326 e. The van der Waals surface area contributed by atoms with Gasteiger partial charge >= 0.3 is 12.0 Å². The number of hydrogen-bond donors (Lipinski definition) is 4. The lowest BCUT2D eigenvalue weighted by Gasteiger charge is -2.20. The summed E-state index contributed by atoms with van der Waals surface area (Å²) in [7, 11) is 1.84. The first kappa shape index (κ1) is 15.7. The predicted octanol–water partition coefficient (Wildman–Crippen LogP) is 0.394. The molecular weight excluding hydrogens is 222 g/mol. The van der Waals surface area contributed by atoms with Crippen molar-refractivity contribution in [2.45, 2.75) is 32.7 Å². The van der Waals surface area contributed by atoms with E-state index in [1.165, 1.54) is 0 Å². The maximum Gasteiger partial charge on any atom is 0.326 e. The molecule has 0 bridgehead atoms. The van der Waals surface area contributed by atoms with E-state index in [9.17, 15) is 9.59 Å². The lowest BCUT2D eigenvalue weighted by atomic mass is 9.99. The van der Waals surface area contributed by atoms with E-state index >= 15 is 0 Å². The molecule has 17 heavy (non-hydrogen) atoms. The molecule has 0 saturated carbocycles. The summed E-state index contributed by atoms with van der Waals surface area (Å²) in [5, 5.41) is 17.0. The average molecular weight is 245 g/mol. The van der Waals surface area contributed by atoms with E-state index in [2.05, 4.69) is 16.0 Å². The number of carbonyl (C=O) groups is 2. The lowest BCUT2D eigenvalue weighted by Crippen LogP contribution is -2.49. The topological polar surface area (TPSA) is 90.5 Å². The Bertz CT molecular complexity index is 246. The lowest BCUT2D eigenvalue weighted by molar-refractivity contribution is -0.140. The van der Waals surface area contributed by atoms with Gasteiger partial charge in [-0.25, -0.2) is 9.59 Å². The number of carboxylic acid groups (broad SMARTS) is 1. The molecule has 2 unspecified atom stereocenters. The summed E-state index contributed by atoms with van der Waals surface area (Å²) in [4.78, 5) is 22.4. The molecule has 0 fully saturated rings. The molecule has 0 radical (unpaired) electrons. The Hall–Kier alpha value is -1.30. The van der Waals surface area contributed by atoms with Gasteiger partial charge in [-0.1, -0.05) is 20.3 Å². The zero-order chi connectivity index (χ0) is 13.3. The Morgan fingerprint density at radius 3 is 2.41 bits per heavy atom. The number of aliphatic carboxylic acids is 1. The number of hydrogen-bond acceptors (Lipinski definition) is 3. The summed E-state index contributed by atoms with van der Waals surface area (Å²) < 4.78 is 0. The first-order chi connectivity index (χ1) is 8.02. The highest BCUT2D eigenvalue weighted by Crippen LogP contribution is 2.07. The third-order valence-corrected chi connectivity index (χ3v) is 2.65. The Morgan fingerprint density at radius 1 is 1.29 bits per heavy atom. The zero-order valence-electron chi connectivity index (χ0n) is 10.7. The molecule has 6 heteroatoms. The highest BCUT2D eigenvalue weighted by Gasteiger charge is 2.24. The highest BCUT2D eigenvalue weighted by molar-refractivity contribution is 5.82. The van der Waals surface area contributed by atoms with Crippen LogP contribution in [0.2, 0.25) is 0 Å². The molecule has 0 aliphatic heterocycles. The summed E-state index contributed by atoms with van der Waals surface area (Å²) >= 11 is 0. The van der Waals surface area contributed by atoms with Crippen LogP contribution in [0.3, 0.4) is 0 Å². The van der Waals surface area contributed by atoms with E-state index < -0.39 is 18.0 Å². The van der Waals surface area contributed by atoms with Crippen molar-refractivity contribution in [3.63, 3.8) is 0 Å². The minimum Gasteiger partial charge on any atom is -0.480 e. The van der Waals surface area contributed by atoms with Gasteiger partial charge in [-0.2, -0.15) is 0 Å². The van der Waals surface area contributed by atoms with E-state index in [0.717, 1.165) is 13.0 Å². The van der Waals surface area contributed by atoms with Crippen LogP contribution in [-0.4, -0.2) is 43.3 Å². The van der Waals surface area contributed by atoms with E-state index in [-0.39, 0.29) is 5.92 Å². The van der Waals surface area contributed by atoms with Gasteiger partial charge in [0.25, 0.3) is 0 Å². The Labute approximate surface area is 102 Å². The van der Waals surface area contributed by atoms with Gasteiger partial charge < -0.3 is 21.1 Å². The van der Waals surface area contributed by atoms with Gasteiger partial charge in [0.1, 0.15) is 6.04 Å². The first-order valence-corrected chi connectivity index (χ1v) is 5.94. The van der Waals surface area contributed by atoms with Gasteiger partial charge in [0.05, 0.1) is 0 Å². The summed E-state index contributed by atoms with van der Waals surface area (Å²) in [5.41, 5.74) is 0. The van der Waals surface area contributed by atoms with Crippen molar-refractivity contribution in [2.75, 3.05) is 20.1 Å². The van der Waals surface area contributed by atoms with Crippen molar-refractivity contribution in [2.24, 2.45) is 5.92 Å². The third kappa shape index (κ3) is 6.78. The van der Waals surface area contributed by atoms with Crippen LogP contribution in [0.5, 0.6) is 0 Å². The summed E-state index contributed by atoms with van der Waals surface area (Å²) in [5.74, 6) is -1.08. The average Bonchev–Trinajstić information content (AvgIpc) is 2.30. The van der Waals surface area contributed by atoms with Crippen LogP contribution >= 0.6 is 0 Å². The molecule has 0 aliphatic rings. The molecular formula is C11H23N3O3. The molecule has 0 aliphatic carbocycles. The standard InChI is InChI=1S/C11H23N3O3/c1-4-8(2)9(10(15)16)14-11(17)13-7-5-6-12-3/h8-9,12H,4-7H2,1-3H3,(H,15,16)(H2,13,14,17). The molecule has 0 heterocycles. The van der Waals surface area contributed by atoms with Crippen molar-refractivity contribution >= 4 is 12.0 Å². The predicted molar refractivity (Wildman–Crippen MR) is 66.0 cm³/mol. The van der Waals surface area contributed by atoms with Gasteiger partial charge in [-0.3, -0.25) is 0 Å². The number of urea groups is 1. The Morgan fingerprint density at radius 2 is 1.94 bits per heavy atom. The fourth-order valence-corrected chi connectivity index (χ4v) is 1.34. The second kappa shape index (κ2) is 8.81. The zero-order valence-corrected chi connectivity index (χ0v) is 10.7. The second-order valence-corrected chi connectivity index (χ2v) is 4.06. The van der Waals surface area contributed by atoms with Crippen LogP contribution in [0.15, 0.2) is 0 Å². The minimum atomic E-state index is -0.996. The molecule has 0 aromatic rings. The number of rotatable bonds is 8. The number of carbonyl (C=O) groups excluding carboxylic acids is 1. The molecule has 2 atom stereocenters. The maximum atomic E-state index is 11.4. The number of nitrogens with one attached hydrogen (secondary N) is 3. The van der Waals surface area contributed by atoms with Gasteiger partial charge in [0, 0.05) is 6.54 Å². The first-order valence-electron chi connectivity index (χ1n) is 5.94. The largest absolute Gasteiger partial charge is 0.480 e. The number of carboxylic acids is 1. The van der Waals surface area contributed by atoms with Gasteiger partial charge in [0.2, 0.25) is 0 Å². The molecule has 100 valence electrons. The third-order valence-electron chi connectivity index (χ3n) is 2.65. The fourth-order valence-electron chi connectivity index (χ4n) is 1.34. The normalized spacial score (nSPS) is 13.8. The van der Waals surface area contributed by atoms with E-state index in [0.29, 0.717) is 13.0 Å². The summed E-state index contributed by atoms with van der Waals surface area (Å²) in [6.07, 6.45) is 1.52. The Kier molecular flexibility index (Phi) is 8.13. The Balaban J connectivity index is 4.00. The van der Waals surface area contributed by atoms with Crippen molar-refractivity contribution in [1.29, 1.82) is 0 Å². The second-order valence-electron chi connectivity index (χ2n) is 4.06. The summed E-state index contributed by atoms with van der Waals surface area (Å²) in [6, 6.07) is -1.25. The van der Waals surface area contributed by atoms with Crippen LogP contribution in [-0.2, 0) is 4.79 Å². The molecule has 4 N–H and O–H groups in total. The van der Waals surface area contributed by atoms with Crippen LogP contribution < -0.4 is 16.0 Å². The monoisotopic (exact) mass is 245 g/mol. The number of amides is 2. The summed E-state index contributed by atoms with van der Waals surface area (Å²) in [6.45, 7) is 5.04. The van der Waals surface area contributed by atoms with Crippen LogP contribution in [0.1, 0.15) is 26.7 Å². The molecule has 0 rings (SSSR count). The van der Waals surface area contributed by atoms with Crippen LogP contribution in [0.4, 0.5) is 4.79 Å². The van der Waals surface area contributed by atoms with Crippen molar-refractivity contribution < 1.29 is 14.7 Å². The minimum absolute atomic E-state index is 0.0874. The molecule has 0 spiro atoms. The molecule has 0 aromatic carbocycles. The van der Waals surface area contributed by atoms with Crippen molar-refractivity contribution in [3.05, 3.63) is 0 Å². The fraction of sp³-hybridized carbons (Fsp3) is 0.818. The molecule has 6 nitrogen and oxygen atoms in total.